The van der Waals surface area contributed by atoms with Gasteiger partial charge in [0.25, 0.3) is 0 Å². The molecule has 1 heterocycles. The van der Waals surface area contributed by atoms with E-state index in [-0.39, 0.29) is 0 Å². The first-order chi connectivity index (χ1) is 13.9. The van der Waals surface area contributed by atoms with E-state index in [0.29, 0.717) is 0 Å². The highest BCUT2D eigenvalue weighted by Gasteiger charge is 2.08. The normalized spacial score (nSPS) is 19.1. The second-order valence-electron chi connectivity index (χ2n) is 7.26. The number of hydrogen-bond acceptors (Lipinski definition) is 6. The lowest BCUT2D eigenvalue weighted by Crippen LogP contribution is -2.47. The first-order valence-corrected chi connectivity index (χ1v) is 10.3. The molecule has 6 nitrogen and oxygen atoms in total. The lowest BCUT2D eigenvalue weighted by Gasteiger charge is -2.26. The van der Waals surface area contributed by atoms with Crippen LogP contribution in [0.15, 0.2) is 60.7 Å². The summed E-state index contributed by atoms with van der Waals surface area (Å²) < 4.78 is 0. The van der Waals surface area contributed by atoms with Crippen molar-refractivity contribution in [1.82, 2.24) is 31.1 Å². The number of nitrogens with one attached hydrogen (secondary N) is 4. The summed E-state index contributed by atoms with van der Waals surface area (Å²) in [6.45, 7) is 9.25. The second kappa shape index (κ2) is 12.6. The maximum absolute atomic E-state index is 3.56. The van der Waals surface area contributed by atoms with Gasteiger partial charge >= 0.3 is 0 Å². The Hall–Kier alpha value is -1.80. The third-order valence-corrected chi connectivity index (χ3v) is 4.80. The van der Waals surface area contributed by atoms with Crippen LogP contribution in [-0.4, -0.2) is 62.7 Å². The van der Waals surface area contributed by atoms with Crippen LogP contribution in [0.2, 0.25) is 0 Å². The first kappa shape index (κ1) is 20.9. The monoisotopic (exact) mass is 382 g/mol. The highest BCUT2D eigenvalue weighted by molar-refractivity contribution is 5.15. The number of benzene rings is 2. The highest BCUT2D eigenvalue weighted by Crippen LogP contribution is 2.04. The van der Waals surface area contributed by atoms with E-state index in [4.69, 9.17) is 0 Å². The Labute approximate surface area is 169 Å². The van der Waals surface area contributed by atoms with Crippen molar-refractivity contribution in [1.29, 1.82) is 0 Å². The summed E-state index contributed by atoms with van der Waals surface area (Å²) in [6, 6.07) is 21.3. The molecule has 1 aliphatic heterocycles. The third-order valence-electron chi connectivity index (χ3n) is 4.80. The molecule has 1 saturated heterocycles. The third kappa shape index (κ3) is 8.06. The molecule has 1 aliphatic rings. The van der Waals surface area contributed by atoms with Crippen LogP contribution in [0, 0.1) is 0 Å². The van der Waals surface area contributed by atoms with Gasteiger partial charge in [-0.05, 0) is 11.1 Å². The lowest BCUT2D eigenvalue weighted by molar-refractivity contribution is 0.206. The van der Waals surface area contributed by atoms with Crippen LogP contribution in [0.4, 0.5) is 0 Å². The Morgan fingerprint density at radius 1 is 0.500 bits per heavy atom. The van der Waals surface area contributed by atoms with E-state index < -0.39 is 0 Å². The Bertz CT molecular complexity index is 562. The molecule has 2 aromatic carbocycles. The average Bonchev–Trinajstić information content (AvgIpc) is 2.73. The SMILES string of the molecule is c1ccc(CN2CNCCNCN(Cc3ccccc3)CNCCNC2)cc1. The van der Waals surface area contributed by atoms with Crippen molar-refractivity contribution in [3.8, 4) is 0 Å². The van der Waals surface area contributed by atoms with Gasteiger partial charge < -0.3 is 21.3 Å². The molecule has 2 aromatic rings. The summed E-state index contributed by atoms with van der Waals surface area (Å²) in [7, 11) is 0. The van der Waals surface area contributed by atoms with Crippen LogP contribution in [0.1, 0.15) is 11.1 Å². The number of hydrogen-bond donors (Lipinski definition) is 4. The van der Waals surface area contributed by atoms with E-state index in [9.17, 15) is 0 Å². The first-order valence-electron chi connectivity index (χ1n) is 10.3. The average molecular weight is 383 g/mol. The zero-order valence-corrected chi connectivity index (χ0v) is 16.7. The minimum absolute atomic E-state index is 0.880. The summed E-state index contributed by atoms with van der Waals surface area (Å²) in [5.41, 5.74) is 2.69. The highest BCUT2D eigenvalue weighted by atomic mass is 15.3. The fourth-order valence-electron chi connectivity index (χ4n) is 3.32. The standard InChI is InChI=1S/C22H34N6/c1-3-7-21(8-4-1)15-27-17-23-11-13-25-19-28(20-26-14-12-24-18-27)16-22-9-5-2-6-10-22/h1-10,23-26H,11-20H2. The minimum Gasteiger partial charge on any atom is -0.303 e. The van der Waals surface area contributed by atoms with E-state index in [2.05, 4.69) is 91.7 Å². The molecule has 6 heteroatoms. The number of rotatable bonds is 4. The van der Waals surface area contributed by atoms with Gasteiger partial charge in [0, 0.05) is 65.9 Å². The van der Waals surface area contributed by atoms with E-state index >= 15 is 0 Å². The molecule has 0 atom stereocenters. The zero-order valence-electron chi connectivity index (χ0n) is 16.7. The number of nitrogens with zero attached hydrogens (tertiary/aromatic N) is 2. The van der Waals surface area contributed by atoms with Gasteiger partial charge in [-0.1, -0.05) is 60.7 Å². The smallest absolute Gasteiger partial charge is 0.0496 e. The summed E-state index contributed by atoms with van der Waals surface area (Å²) in [4.78, 5) is 4.81. The molecule has 1 fully saturated rings. The van der Waals surface area contributed by atoms with Crippen LogP contribution in [-0.2, 0) is 13.1 Å². The van der Waals surface area contributed by atoms with E-state index in [1.807, 2.05) is 0 Å². The van der Waals surface area contributed by atoms with E-state index in [1.54, 1.807) is 0 Å². The van der Waals surface area contributed by atoms with Gasteiger partial charge in [0.2, 0.25) is 0 Å². The summed E-state index contributed by atoms with van der Waals surface area (Å²) in [5, 5.41) is 14.3. The quantitative estimate of drug-likeness (QED) is 0.638. The van der Waals surface area contributed by atoms with Crippen molar-refractivity contribution in [3.63, 3.8) is 0 Å². The van der Waals surface area contributed by atoms with Crippen LogP contribution >= 0.6 is 0 Å². The van der Waals surface area contributed by atoms with Crippen LogP contribution < -0.4 is 21.3 Å². The topological polar surface area (TPSA) is 54.6 Å². The Morgan fingerprint density at radius 2 is 0.821 bits per heavy atom. The van der Waals surface area contributed by atoms with E-state index in [0.717, 1.165) is 65.9 Å². The van der Waals surface area contributed by atoms with Gasteiger partial charge in [-0.15, -0.1) is 0 Å². The van der Waals surface area contributed by atoms with Crippen LogP contribution in [0.5, 0.6) is 0 Å². The predicted molar refractivity (Wildman–Crippen MR) is 115 cm³/mol. The molecular weight excluding hydrogens is 348 g/mol. The molecule has 152 valence electrons. The fourth-order valence-corrected chi connectivity index (χ4v) is 3.32. The molecule has 0 unspecified atom stereocenters. The van der Waals surface area contributed by atoms with Gasteiger partial charge in [-0.25, -0.2) is 0 Å². The van der Waals surface area contributed by atoms with Crippen molar-refractivity contribution in [2.24, 2.45) is 0 Å². The Morgan fingerprint density at radius 3 is 1.14 bits per heavy atom. The molecular formula is C22H34N6. The molecule has 0 aliphatic carbocycles. The van der Waals surface area contributed by atoms with Gasteiger partial charge in [-0.2, -0.15) is 0 Å². The molecule has 0 saturated carbocycles. The van der Waals surface area contributed by atoms with Gasteiger partial charge in [0.15, 0.2) is 0 Å². The van der Waals surface area contributed by atoms with Crippen molar-refractivity contribution >= 4 is 0 Å². The Balaban J connectivity index is 1.45. The summed E-state index contributed by atoms with van der Waals surface area (Å²) >= 11 is 0. The van der Waals surface area contributed by atoms with Crippen molar-refractivity contribution < 1.29 is 0 Å². The molecule has 0 radical (unpaired) electrons. The van der Waals surface area contributed by atoms with Gasteiger partial charge in [0.1, 0.15) is 0 Å². The fraction of sp³-hybridized carbons (Fsp3) is 0.455. The van der Waals surface area contributed by atoms with Gasteiger partial charge in [0.05, 0.1) is 0 Å². The van der Waals surface area contributed by atoms with E-state index in [1.165, 1.54) is 11.1 Å². The lowest BCUT2D eigenvalue weighted by atomic mass is 10.2. The zero-order chi connectivity index (χ0) is 19.3. The molecule has 0 aromatic heterocycles. The molecule has 3 rings (SSSR count). The van der Waals surface area contributed by atoms with Crippen LogP contribution in [0.25, 0.3) is 0 Å². The van der Waals surface area contributed by atoms with Crippen molar-refractivity contribution in [2.45, 2.75) is 13.1 Å². The second-order valence-corrected chi connectivity index (χ2v) is 7.26. The van der Waals surface area contributed by atoms with Gasteiger partial charge in [-0.3, -0.25) is 9.80 Å². The maximum atomic E-state index is 3.56. The van der Waals surface area contributed by atoms with Crippen LogP contribution in [0.3, 0.4) is 0 Å². The van der Waals surface area contributed by atoms with Crippen molar-refractivity contribution in [2.75, 3.05) is 52.9 Å². The molecule has 28 heavy (non-hydrogen) atoms. The summed E-state index contributed by atoms with van der Waals surface area (Å²) in [5.74, 6) is 0. The Kier molecular flexibility index (Phi) is 9.43. The molecule has 0 bridgehead atoms. The molecule has 0 spiro atoms. The van der Waals surface area contributed by atoms with Crippen molar-refractivity contribution in [3.05, 3.63) is 71.8 Å². The largest absolute Gasteiger partial charge is 0.303 e. The maximum Gasteiger partial charge on any atom is 0.0496 e. The summed E-state index contributed by atoms with van der Waals surface area (Å²) in [6.07, 6.45) is 0. The minimum atomic E-state index is 0.880. The predicted octanol–water partition coefficient (Wildman–Crippen LogP) is 1.19. The molecule has 0 amide bonds. The molecule has 4 N–H and O–H groups in total.